The predicted molar refractivity (Wildman–Crippen MR) is 71.3 cm³/mol. The van der Waals surface area contributed by atoms with Crippen molar-refractivity contribution >= 4 is 32.9 Å². The van der Waals surface area contributed by atoms with E-state index in [2.05, 4.69) is 26.0 Å². The van der Waals surface area contributed by atoms with Gasteiger partial charge in [0.2, 0.25) is 5.91 Å². The minimum absolute atomic E-state index is 0.106. The summed E-state index contributed by atoms with van der Waals surface area (Å²) in [6, 6.07) is 1.87. The van der Waals surface area contributed by atoms with Crippen molar-refractivity contribution in [1.82, 2.24) is 19.7 Å². The van der Waals surface area contributed by atoms with E-state index < -0.39 is 6.17 Å². The maximum absolute atomic E-state index is 13.1. The number of hydrogen-bond acceptors (Lipinski definition) is 3. The van der Waals surface area contributed by atoms with Crippen molar-refractivity contribution in [2.75, 3.05) is 13.1 Å². The molecule has 1 saturated heterocycles. The number of halogens is 2. The number of carbonyl (C=O) groups excluding carboxylic acids is 1. The van der Waals surface area contributed by atoms with Crippen LogP contribution in [0.3, 0.4) is 0 Å². The van der Waals surface area contributed by atoms with E-state index in [0.717, 1.165) is 15.5 Å². The van der Waals surface area contributed by atoms with Crippen LogP contribution < -0.4 is 0 Å². The van der Waals surface area contributed by atoms with Gasteiger partial charge in [-0.05, 0) is 28.4 Å². The quantitative estimate of drug-likeness (QED) is 0.845. The molecule has 7 heteroatoms. The van der Waals surface area contributed by atoms with Gasteiger partial charge in [-0.1, -0.05) is 0 Å². The van der Waals surface area contributed by atoms with Crippen LogP contribution in [0.15, 0.2) is 22.9 Å². The Morgan fingerprint density at radius 1 is 1.53 bits per heavy atom. The summed E-state index contributed by atoms with van der Waals surface area (Å²) in [4.78, 5) is 17.8. The third-order valence-electron chi connectivity index (χ3n) is 3.23. The fourth-order valence-electron chi connectivity index (χ4n) is 2.23. The second kappa shape index (κ2) is 4.88. The van der Waals surface area contributed by atoms with Crippen molar-refractivity contribution in [2.24, 2.45) is 0 Å². The number of fused-ring (bicyclic) bond motifs is 1. The highest BCUT2D eigenvalue weighted by molar-refractivity contribution is 9.10. The Morgan fingerprint density at radius 3 is 3.11 bits per heavy atom. The van der Waals surface area contributed by atoms with Gasteiger partial charge in [-0.3, -0.25) is 14.5 Å². The number of amides is 1. The number of likely N-dealkylation sites (tertiary alicyclic amines) is 1. The molecule has 3 heterocycles. The van der Waals surface area contributed by atoms with Crippen LogP contribution in [0.25, 0.3) is 11.0 Å². The molecule has 100 valence electrons. The highest BCUT2D eigenvalue weighted by atomic mass is 79.9. The van der Waals surface area contributed by atoms with Gasteiger partial charge >= 0.3 is 0 Å². The predicted octanol–water partition coefficient (Wildman–Crippen LogP) is 1.76. The molecule has 0 saturated carbocycles. The molecule has 0 bridgehead atoms. The minimum atomic E-state index is -0.894. The summed E-state index contributed by atoms with van der Waals surface area (Å²) in [5, 5.41) is 4.16. The van der Waals surface area contributed by atoms with Crippen molar-refractivity contribution in [2.45, 2.75) is 19.1 Å². The Labute approximate surface area is 117 Å². The van der Waals surface area contributed by atoms with Crippen molar-refractivity contribution in [1.29, 1.82) is 0 Å². The van der Waals surface area contributed by atoms with Crippen LogP contribution in [0, 0.1) is 0 Å². The van der Waals surface area contributed by atoms with E-state index in [-0.39, 0.29) is 19.0 Å². The summed E-state index contributed by atoms with van der Waals surface area (Å²) in [6.45, 7) is 0.801. The van der Waals surface area contributed by atoms with E-state index in [9.17, 15) is 9.18 Å². The van der Waals surface area contributed by atoms with Crippen LogP contribution in [0.2, 0.25) is 0 Å². The van der Waals surface area contributed by atoms with Crippen molar-refractivity contribution in [3.8, 4) is 0 Å². The fourth-order valence-corrected chi connectivity index (χ4v) is 2.55. The Kier molecular flexibility index (Phi) is 3.22. The van der Waals surface area contributed by atoms with Gasteiger partial charge in [0, 0.05) is 17.2 Å². The van der Waals surface area contributed by atoms with E-state index in [0.29, 0.717) is 13.0 Å². The highest BCUT2D eigenvalue weighted by Crippen LogP contribution is 2.18. The summed E-state index contributed by atoms with van der Waals surface area (Å²) in [5.41, 5.74) is 1.53. The summed E-state index contributed by atoms with van der Waals surface area (Å²) in [5.74, 6) is -0.106. The summed E-state index contributed by atoms with van der Waals surface area (Å²) in [7, 11) is 0. The zero-order chi connectivity index (χ0) is 13.4. The molecule has 0 aliphatic carbocycles. The molecular weight excluding hydrogens is 315 g/mol. The van der Waals surface area contributed by atoms with Gasteiger partial charge in [-0.15, -0.1) is 0 Å². The Morgan fingerprint density at radius 2 is 2.37 bits per heavy atom. The van der Waals surface area contributed by atoms with E-state index in [1.54, 1.807) is 22.0 Å². The molecule has 0 spiro atoms. The van der Waals surface area contributed by atoms with Gasteiger partial charge in [0.05, 0.1) is 18.3 Å². The van der Waals surface area contributed by atoms with Gasteiger partial charge in [-0.2, -0.15) is 5.10 Å². The first kappa shape index (κ1) is 12.5. The molecule has 1 aliphatic heterocycles. The summed E-state index contributed by atoms with van der Waals surface area (Å²) >= 11 is 3.34. The zero-order valence-corrected chi connectivity index (χ0v) is 11.7. The van der Waals surface area contributed by atoms with Crippen molar-refractivity contribution < 1.29 is 9.18 Å². The Hall–Kier alpha value is -1.50. The van der Waals surface area contributed by atoms with Crippen molar-refractivity contribution in [3.05, 3.63) is 22.9 Å². The number of carbonyl (C=O) groups is 1. The molecule has 19 heavy (non-hydrogen) atoms. The lowest BCUT2D eigenvalue weighted by atomic mass is 10.3. The average Bonchev–Trinajstić information content (AvgIpc) is 2.97. The molecule has 1 fully saturated rings. The molecule has 2 aromatic heterocycles. The molecule has 1 atom stereocenters. The molecule has 0 radical (unpaired) electrons. The van der Waals surface area contributed by atoms with Crippen LogP contribution in [-0.2, 0) is 11.3 Å². The summed E-state index contributed by atoms with van der Waals surface area (Å²) < 4.78 is 15.5. The lowest BCUT2D eigenvalue weighted by Crippen LogP contribution is -2.32. The molecule has 5 nitrogen and oxygen atoms in total. The van der Waals surface area contributed by atoms with E-state index in [1.165, 1.54) is 0 Å². The van der Waals surface area contributed by atoms with Crippen molar-refractivity contribution in [3.63, 3.8) is 0 Å². The number of hydrogen-bond donors (Lipinski definition) is 0. The lowest BCUT2D eigenvalue weighted by Gasteiger charge is -2.15. The zero-order valence-electron chi connectivity index (χ0n) is 10.1. The standard InChI is InChI=1S/C12H12BrFN4O/c13-8-3-11-10(15-4-8)5-16-18(11)7-12(19)17-2-1-9(14)6-17/h3-5,9H,1-2,6-7H2/t9-/m0/s1. The average molecular weight is 327 g/mol. The topological polar surface area (TPSA) is 51.0 Å². The Balaban J connectivity index is 1.81. The second-order valence-electron chi connectivity index (χ2n) is 4.59. The van der Waals surface area contributed by atoms with Gasteiger partial charge in [0.25, 0.3) is 0 Å². The van der Waals surface area contributed by atoms with Crippen LogP contribution in [0.5, 0.6) is 0 Å². The number of aromatic nitrogens is 3. The Bertz CT molecular complexity index is 629. The van der Waals surface area contributed by atoms with E-state index in [1.807, 2.05) is 6.07 Å². The van der Waals surface area contributed by atoms with Crippen LogP contribution >= 0.6 is 15.9 Å². The van der Waals surface area contributed by atoms with E-state index >= 15 is 0 Å². The lowest BCUT2D eigenvalue weighted by molar-refractivity contribution is -0.131. The van der Waals surface area contributed by atoms with Crippen LogP contribution in [-0.4, -0.2) is 44.8 Å². The van der Waals surface area contributed by atoms with Gasteiger partial charge < -0.3 is 4.90 Å². The third kappa shape index (κ3) is 2.47. The normalized spacial score (nSPS) is 19.3. The maximum atomic E-state index is 13.1. The first-order chi connectivity index (χ1) is 9.13. The number of rotatable bonds is 2. The van der Waals surface area contributed by atoms with E-state index in [4.69, 9.17) is 0 Å². The molecule has 0 N–H and O–H groups in total. The smallest absolute Gasteiger partial charge is 0.244 e. The molecule has 1 aliphatic rings. The third-order valence-corrected chi connectivity index (χ3v) is 3.66. The maximum Gasteiger partial charge on any atom is 0.244 e. The number of nitrogens with zero attached hydrogens (tertiary/aromatic N) is 4. The molecule has 3 rings (SSSR count). The minimum Gasteiger partial charge on any atom is -0.338 e. The van der Waals surface area contributed by atoms with Gasteiger partial charge in [-0.25, -0.2) is 4.39 Å². The molecular formula is C12H12BrFN4O. The SMILES string of the molecule is O=C(Cn1ncc2ncc(Br)cc21)N1CC[C@H](F)C1. The van der Waals surface area contributed by atoms with Gasteiger partial charge in [0.1, 0.15) is 18.2 Å². The fraction of sp³-hybridized carbons (Fsp3) is 0.417. The molecule has 0 aromatic carbocycles. The number of pyridine rings is 1. The first-order valence-electron chi connectivity index (χ1n) is 6.02. The number of alkyl halides is 1. The molecule has 1 amide bonds. The van der Waals surface area contributed by atoms with Crippen LogP contribution in [0.1, 0.15) is 6.42 Å². The molecule has 0 unspecified atom stereocenters. The molecule has 2 aromatic rings. The highest BCUT2D eigenvalue weighted by Gasteiger charge is 2.26. The first-order valence-corrected chi connectivity index (χ1v) is 6.81. The monoisotopic (exact) mass is 326 g/mol. The summed E-state index contributed by atoms with van der Waals surface area (Å²) in [6.07, 6.45) is 2.84. The van der Waals surface area contributed by atoms with Crippen LogP contribution in [0.4, 0.5) is 4.39 Å². The largest absolute Gasteiger partial charge is 0.338 e. The van der Waals surface area contributed by atoms with Gasteiger partial charge in [0.15, 0.2) is 0 Å². The second-order valence-corrected chi connectivity index (χ2v) is 5.50.